The van der Waals surface area contributed by atoms with Crippen molar-refractivity contribution in [1.82, 2.24) is 0 Å². The molecule has 0 radical (unpaired) electrons. The molecule has 1 saturated heterocycles. The van der Waals surface area contributed by atoms with Gasteiger partial charge in [0.05, 0.1) is 12.7 Å². The molecule has 6 heteroatoms. The molecule has 0 aromatic heterocycles. The lowest BCUT2D eigenvalue weighted by Crippen LogP contribution is -2.58. The van der Waals surface area contributed by atoms with Crippen molar-refractivity contribution in [2.75, 3.05) is 6.61 Å². The number of rotatable bonds is 5. The van der Waals surface area contributed by atoms with E-state index in [2.05, 4.69) is 0 Å². The average molecular weight is 300 g/mol. The van der Waals surface area contributed by atoms with Gasteiger partial charge < -0.3 is 25.2 Å². The van der Waals surface area contributed by atoms with Gasteiger partial charge in [0.15, 0.2) is 0 Å². The first-order chi connectivity index (χ1) is 10.0. The summed E-state index contributed by atoms with van der Waals surface area (Å²) in [6.07, 6.45) is -4.04. The van der Waals surface area contributed by atoms with Crippen LogP contribution in [0.25, 0.3) is 0 Å². The molecule has 1 aromatic rings. The molecular weight excluding hydrogens is 279 g/mol. The number of hydrogen-bond donors (Lipinski definition) is 4. The predicted molar refractivity (Wildman–Crippen MR) is 73.1 cm³/mol. The van der Waals surface area contributed by atoms with Crippen molar-refractivity contribution in [2.45, 2.75) is 49.8 Å². The summed E-state index contributed by atoms with van der Waals surface area (Å²) in [5.41, 5.74) is 0.585. The van der Waals surface area contributed by atoms with Gasteiger partial charge in [-0.3, -0.25) is 0 Å². The highest BCUT2D eigenvalue weighted by Gasteiger charge is 2.42. The molecule has 0 aliphatic carbocycles. The van der Waals surface area contributed by atoms with Crippen molar-refractivity contribution >= 4 is 0 Å². The first-order valence-electron chi connectivity index (χ1n) is 7.08. The molecule has 118 valence electrons. The molecule has 0 saturated carbocycles. The third-order valence-electron chi connectivity index (χ3n) is 3.88. The standard InChI is InChI=1S/C15H21FO5/c16-10-6-2-1-4-9(10)5-3-7-11-13(18)15(20)14(19)12(8-17)21-11/h1-2,4,6,11-15,17-20H,3,5,7-8H2/t11?,12-,13+,14-,15-/m1/s1. The van der Waals surface area contributed by atoms with Crippen LogP contribution in [0.2, 0.25) is 0 Å². The maximum Gasteiger partial charge on any atom is 0.126 e. The quantitative estimate of drug-likeness (QED) is 0.614. The summed E-state index contributed by atoms with van der Waals surface area (Å²) in [5, 5.41) is 38.3. The van der Waals surface area contributed by atoms with Crippen LogP contribution in [0.3, 0.4) is 0 Å². The van der Waals surface area contributed by atoms with Gasteiger partial charge in [0.25, 0.3) is 0 Å². The van der Waals surface area contributed by atoms with E-state index in [-0.39, 0.29) is 5.82 Å². The third kappa shape index (κ3) is 3.78. The van der Waals surface area contributed by atoms with E-state index in [4.69, 9.17) is 9.84 Å². The fourth-order valence-corrected chi connectivity index (χ4v) is 2.61. The summed E-state index contributed by atoms with van der Waals surface area (Å²) in [6.45, 7) is -0.436. The summed E-state index contributed by atoms with van der Waals surface area (Å²) < 4.78 is 18.9. The van der Waals surface area contributed by atoms with E-state index in [1.54, 1.807) is 18.2 Å². The Hall–Kier alpha value is -1.05. The molecule has 1 aliphatic rings. The first-order valence-corrected chi connectivity index (χ1v) is 7.08. The van der Waals surface area contributed by atoms with Gasteiger partial charge in [-0.25, -0.2) is 4.39 Å². The molecule has 5 nitrogen and oxygen atoms in total. The minimum Gasteiger partial charge on any atom is -0.394 e. The number of halogens is 1. The van der Waals surface area contributed by atoms with E-state index in [9.17, 15) is 19.7 Å². The van der Waals surface area contributed by atoms with Crippen LogP contribution >= 0.6 is 0 Å². The van der Waals surface area contributed by atoms with Crippen LogP contribution in [0.4, 0.5) is 4.39 Å². The van der Waals surface area contributed by atoms with Crippen LogP contribution < -0.4 is 0 Å². The SMILES string of the molecule is OC[C@H]1OC(CCCc2ccccc2F)[C@H](O)[C@@H](O)[C@@H]1O. The zero-order chi connectivity index (χ0) is 15.4. The van der Waals surface area contributed by atoms with Crippen LogP contribution in [0.1, 0.15) is 18.4 Å². The van der Waals surface area contributed by atoms with E-state index in [1.807, 2.05) is 0 Å². The van der Waals surface area contributed by atoms with Crippen molar-refractivity contribution in [3.05, 3.63) is 35.6 Å². The van der Waals surface area contributed by atoms with Gasteiger partial charge in [-0.15, -0.1) is 0 Å². The zero-order valence-corrected chi connectivity index (χ0v) is 11.6. The van der Waals surface area contributed by atoms with Crippen molar-refractivity contribution in [2.24, 2.45) is 0 Å². The predicted octanol–water partition coefficient (Wildman–Crippen LogP) is -0.00920. The van der Waals surface area contributed by atoms with Crippen LogP contribution in [-0.2, 0) is 11.2 Å². The van der Waals surface area contributed by atoms with E-state index >= 15 is 0 Å². The van der Waals surface area contributed by atoms with E-state index in [0.717, 1.165) is 0 Å². The highest BCUT2D eigenvalue weighted by Crippen LogP contribution is 2.24. The summed E-state index contributed by atoms with van der Waals surface area (Å²) >= 11 is 0. The van der Waals surface area contributed by atoms with Crippen LogP contribution in [0.15, 0.2) is 24.3 Å². The average Bonchev–Trinajstić information content (AvgIpc) is 2.49. The molecule has 1 aromatic carbocycles. The van der Waals surface area contributed by atoms with E-state index < -0.39 is 37.1 Å². The molecule has 1 heterocycles. The van der Waals surface area contributed by atoms with E-state index in [1.165, 1.54) is 6.07 Å². The molecule has 5 atom stereocenters. The maximum atomic E-state index is 13.5. The van der Waals surface area contributed by atoms with Crippen molar-refractivity contribution in [3.63, 3.8) is 0 Å². The second-order valence-electron chi connectivity index (χ2n) is 5.35. The molecular formula is C15H21FO5. The zero-order valence-electron chi connectivity index (χ0n) is 11.6. The van der Waals surface area contributed by atoms with Gasteiger partial charge in [-0.05, 0) is 30.9 Å². The molecule has 2 rings (SSSR count). The smallest absolute Gasteiger partial charge is 0.126 e. The second kappa shape index (κ2) is 7.29. The fraction of sp³-hybridized carbons (Fsp3) is 0.600. The Morgan fingerprint density at radius 1 is 1.00 bits per heavy atom. The highest BCUT2D eigenvalue weighted by molar-refractivity contribution is 5.17. The first kappa shape index (κ1) is 16.3. The molecule has 0 amide bonds. The normalized spacial score (nSPS) is 33.1. The molecule has 21 heavy (non-hydrogen) atoms. The lowest BCUT2D eigenvalue weighted by atomic mass is 9.92. The summed E-state index contributed by atoms with van der Waals surface area (Å²) in [6, 6.07) is 6.47. The fourth-order valence-electron chi connectivity index (χ4n) is 2.61. The minimum absolute atomic E-state index is 0.272. The summed E-state index contributed by atoms with van der Waals surface area (Å²) in [5.74, 6) is -0.272. The Bertz CT molecular complexity index is 453. The summed E-state index contributed by atoms with van der Waals surface area (Å²) in [7, 11) is 0. The van der Waals surface area contributed by atoms with Gasteiger partial charge in [-0.1, -0.05) is 18.2 Å². The third-order valence-corrected chi connectivity index (χ3v) is 3.88. The van der Waals surface area contributed by atoms with Gasteiger partial charge in [0, 0.05) is 0 Å². The Morgan fingerprint density at radius 2 is 1.67 bits per heavy atom. The maximum absolute atomic E-state index is 13.5. The lowest BCUT2D eigenvalue weighted by Gasteiger charge is -2.40. The number of aliphatic hydroxyl groups excluding tert-OH is 4. The number of hydrogen-bond acceptors (Lipinski definition) is 5. The second-order valence-corrected chi connectivity index (χ2v) is 5.35. The lowest BCUT2D eigenvalue weighted by molar-refractivity contribution is -0.230. The monoisotopic (exact) mass is 300 g/mol. The number of benzene rings is 1. The molecule has 1 unspecified atom stereocenters. The van der Waals surface area contributed by atoms with E-state index in [0.29, 0.717) is 24.8 Å². The van der Waals surface area contributed by atoms with Crippen LogP contribution in [0.5, 0.6) is 0 Å². The number of aliphatic hydroxyl groups is 4. The Morgan fingerprint density at radius 3 is 2.33 bits per heavy atom. The highest BCUT2D eigenvalue weighted by atomic mass is 19.1. The van der Waals surface area contributed by atoms with Crippen LogP contribution in [0, 0.1) is 5.82 Å². The van der Waals surface area contributed by atoms with Gasteiger partial charge in [0.2, 0.25) is 0 Å². The van der Waals surface area contributed by atoms with Crippen molar-refractivity contribution in [1.29, 1.82) is 0 Å². The van der Waals surface area contributed by atoms with Crippen molar-refractivity contribution < 1.29 is 29.6 Å². The summed E-state index contributed by atoms with van der Waals surface area (Å²) in [4.78, 5) is 0. The number of ether oxygens (including phenoxy) is 1. The Kier molecular flexibility index (Phi) is 5.66. The van der Waals surface area contributed by atoms with Gasteiger partial charge >= 0.3 is 0 Å². The van der Waals surface area contributed by atoms with Gasteiger partial charge in [0.1, 0.15) is 30.2 Å². The molecule has 0 spiro atoms. The Labute approximate surface area is 122 Å². The molecule has 1 fully saturated rings. The number of aryl methyl sites for hydroxylation is 1. The van der Waals surface area contributed by atoms with Crippen molar-refractivity contribution in [3.8, 4) is 0 Å². The van der Waals surface area contributed by atoms with Gasteiger partial charge in [-0.2, -0.15) is 0 Å². The molecule has 4 N–H and O–H groups in total. The molecule has 0 bridgehead atoms. The molecule has 1 aliphatic heterocycles. The topological polar surface area (TPSA) is 90.2 Å². The Balaban J connectivity index is 1.89. The largest absolute Gasteiger partial charge is 0.394 e. The minimum atomic E-state index is -1.35. The van der Waals surface area contributed by atoms with Crippen LogP contribution in [-0.4, -0.2) is 57.6 Å².